The van der Waals surface area contributed by atoms with Crippen molar-refractivity contribution in [1.82, 2.24) is 8.87 Å². The average molecular weight is 448 g/mol. The minimum atomic E-state index is -3.74. The van der Waals surface area contributed by atoms with Gasteiger partial charge < -0.3 is 9.30 Å². The van der Waals surface area contributed by atoms with E-state index in [0.29, 0.717) is 18.7 Å². The first-order chi connectivity index (χ1) is 14.8. The van der Waals surface area contributed by atoms with Crippen LogP contribution in [0.4, 0.5) is 8.78 Å². The number of ether oxygens (including phenoxy) is 1. The van der Waals surface area contributed by atoms with Gasteiger partial charge in [-0.3, -0.25) is 4.79 Å². The molecule has 9 heteroatoms. The van der Waals surface area contributed by atoms with Crippen LogP contribution in [0.15, 0.2) is 70.5 Å². The van der Waals surface area contributed by atoms with Gasteiger partial charge in [-0.1, -0.05) is 32.0 Å². The summed E-state index contributed by atoms with van der Waals surface area (Å²) < 4.78 is 61.4. The lowest BCUT2D eigenvalue weighted by Crippen LogP contribution is -2.32. The highest BCUT2D eigenvalue weighted by Crippen LogP contribution is 2.27. The van der Waals surface area contributed by atoms with Crippen LogP contribution in [0.1, 0.15) is 19.4 Å². The molecular formula is C22H22F2N2O4S. The molecule has 0 N–H and O–H groups in total. The molecule has 0 aliphatic rings. The maximum Gasteiger partial charge on any atom is 0.250 e. The van der Waals surface area contributed by atoms with Gasteiger partial charge in [0.25, 0.3) is 5.56 Å². The van der Waals surface area contributed by atoms with Gasteiger partial charge in [-0.2, -0.15) is 4.31 Å². The second-order valence-corrected chi connectivity index (χ2v) is 8.66. The molecule has 1 heterocycles. The average Bonchev–Trinajstić information content (AvgIpc) is 2.73. The van der Waals surface area contributed by atoms with E-state index in [1.54, 1.807) is 19.9 Å². The summed E-state index contributed by atoms with van der Waals surface area (Å²) in [6, 6.07) is 12.1. The Hall–Kier alpha value is -3.04. The van der Waals surface area contributed by atoms with Gasteiger partial charge in [0.15, 0.2) is 23.1 Å². The Morgan fingerprint density at radius 1 is 0.935 bits per heavy atom. The summed E-state index contributed by atoms with van der Waals surface area (Å²) >= 11 is 0. The lowest BCUT2D eigenvalue weighted by Gasteiger charge is -2.19. The summed E-state index contributed by atoms with van der Waals surface area (Å²) in [6.07, 6.45) is 1.25. The van der Waals surface area contributed by atoms with Gasteiger partial charge in [-0.15, -0.1) is 0 Å². The number of sulfonamides is 1. The van der Waals surface area contributed by atoms with Gasteiger partial charge >= 0.3 is 0 Å². The number of hydrogen-bond donors (Lipinski definition) is 0. The predicted octanol–water partition coefficient (Wildman–Crippen LogP) is 4.00. The van der Waals surface area contributed by atoms with Crippen LogP contribution >= 0.6 is 0 Å². The first-order valence-electron chi connectivity index (χ1n) is 9.67. The third kappa shape index (κ3) is 5.00. The smallest absolute Gasteiger partial charge is 0.250 e. The van der Waals surface area contributed by atoms with Crippen molar-refractivity contribution in [3.63, 3.8) is 0 Å². The van der Waals surface area contributed by atoms with Crippen molar-refractivity contribution in [2.45, 2.75) is 25.3 Å². The number of pyridine rings is 1. The minimum Gasteiger partial charge on any atom is -0.451 e. The number of hydrogen-bond acceptors (Lipinski definition) is 4. The molecule has 2 aromatic carbocycles. The number of benzene rings is 2. The second kappa shape index (κ2) is 9.40. The van der Waals surface area contributed by atoms with Gasteiger partial charge in [0.1, 0.15) is 0 Å². The van der Waals surface area contributed by atoms with Gasteiger partial charge in [0.05, 0.1) is 11.4 Å². The summed E-state index contributed by atoms with van der Waals surface area (Å²) in [5.74, 6) is -1.64. The van der Waals surface area contributed by atoms with Crippen LogP contribution < -0.4 is 10.3 Å². The lowest BCUT2D eigenvalue weighted by molar-refractivity contribution is 0.414. The van der Waals surface area contributed by atoms with Crippen molar-refractivity contribution in [3.05, 3.63) is 88.3 Å². The summed E-state index contributed by atoms with van der Waals surface area (Å²) in [7, 11) is -3.74. The molecule has 0 atom stereocenters. The first-order valence-corrected chi connectivity index (χ1v) is 11.1. The quantitative estimate of drug-likeness (QED) is 0.523. The van der Waals surface area contributed by atoms with Crippen molar-refractivity contribution in [3.8, 4) is 11.5 Å². The molecule has 164 valence electrons. The first kappa shape index (κ1) is 22.6. The van der Waals surface area contributed by atoms with E-state index >= 15 is 0 Å². The standard InChI is InChI=1S/C22H22F2N2O4S/c1-3-26(4-2)31(28,29)17-10-12-22(27)25(15-17)14-16-9-11-21(19(24)13-16)30-20-8-6-5-7-18(20)23/h5-13,15H,3-4,14H2,1-2H3. The van der Waals surface area contributed by atoms with E-state index in [1.807, 2.05) is 0 Å². The zero-order chi connectivity index (χ0) is 22.6. The Balaban J connectivity index is 1.87. The fraction of sp³-hybridized carbons (Fsp3) is 0.227. The van der Waals surface area contributed by atoms with Crippen molar-refractivity contribution in [2.24, 2.45) is 0 Å². The predicted molar refractivity (Wildman–Crippen MR) is 113 cm³/mol. The lowest BCUT2D eigenvalue weighted by atomic mass is 10.2. The van der Waals surface area contributed by atoms with Crippen LogP contribution in [-0.4, -0.2) is 30.4 Å². The van der Waals surface area contributed by atoms with E-state index < -0.39 is 27.2 Å². The van der Waals surface area contributed by atoms with Crippen molar-refractivity contribution in [2.75, 3.05) is 13.1 Å². The molecule has 0 saturated carbocycles. The summed E-state index contributed by atoms with van der Waals surface area (Å²) in [4.78, 5) is 12.2. The fourth-order valence-corrected chi connectivity index (χ4v) is 4.54. The largest absolute Gasteiger partial charge is 0.451 e. The topological polar surface area (TPSA) is 68.6 Å². The molecule has 3 aromatic rings. The maximum absolute atomic E-state index is 14.5. The highest BCUT2D eigenvalue weighted by atomic mass is 32.2. The summed E-state index contributed by atoms with van der Waals surface area (Å²) in [5, 5.41) is 0. The van der Waals surface area contributed by atoms with Crippen LogP contribution in [0.3, 0.4) is 0 Å². The zero-order valence-electron chi connectivity index (χ0n) is 17.1. The van der Waals surface area contributed by atoms with Crippen LogP contribution in [0.5, 0.6) is 11.5 Å². The van der Waals surface area contributed by atoms with Crippen LogP contribution in [0.25, 0.3) is 0 Å². The van der Waals surface area contributed by atoms with E-state index in [4.69, 9.17) is 4.74 Å². The van der Waals surface area contributed by atoms with Crippen LogP contribution in [0, 0.1) is 11.6 Å². The highest BCUT2D eigenvalue weighted by Gasteiger charge is 2.22. The number of rotatable bonds is 8. The van der Waals surface area contributed by atoms with E-state index in [-0.39, 0.29) is 22.9 Å². The van der Waals surface area contributed by atoms with Gasteiger partial charge in [-0.05, 0) is 35.9 Å². The molecule has 6 nitrogen and oxygen atoms in total. The summed E-state index contributed by atoms with van der Waals surface area (Å²) in [5.41, 5.74) is -0.0107. The Labute approximate surface area is 179 Å². The molecule has 3 rings (SSSR count). The molecule has 0 amide bonds. The number of nitrogens with zero attached hydrogens (tertiary/aromatic N) is 2. The molecule has 31 heavy (non-hydrogen) atoms. The fourth-order valence-electron chi connectivity index (χ4n) is 3.07. The molecule has 0 saturated heterocycles. The second-order valence-electron chi connectivity index (χ2n) is 6.72. The molecule has 0 fully saturated rings. The minimum absolute atomic E-state index is 0.0178. The Bertz CT molecular complexity index is 1240. The monoisotopic (exact) mass is 448 g/mol. The Morgan fingerprint density at radius 2 is 1.61 bits per heavy atom. The Morgan fingerprint density at radius 3 is 2.26 bits per heavy atom. The van der Waals surface area contributed by atoms with E-state index in [9.17, 15) is 22.0 Å². The van der Waals surface area contributed by atoms with Crippen molar-refractivity contribution >= 4 is 10.0 Å². The number of para-hydroxylation sites is 1. The van der Waals surface area contributed by atoms with Crippen molar-refractivity contribution < 1.29 is 21.9 Å². The molecule has 0 aliphatic heterocycles. The molecular weight excluding hydrogens is 426 g/mol. The normalized spacial score (nSPS) is 11.6. The van der Waals surface area contributed by atoms with Gasteiger partial charge in [0.2, 0.25) is 10.0 Å². The highest BCUT2D eigenvalue weighted by molar-refractivity contribution is 7.89. The van der Waals surface area contributed by atoms with Crippen LogP contribution in [0.2, 0.25) is 0 Å². The maximum atomic E-state index is 14.5. The third-order valence-corrected chi connectivity index (χ3v) is 6.74. The summed E-state index contributed by atoms with van der Waals surface area (Å²) in [6.45, 7) is 4.01. The van der Waals surface area contributed by atoms with Gasteiger partial charge in [-0.25, -0.2) is 17.2 Å². The Kier molecular flexibility index (Phi) is 6.87. The molecule has 0 spiro atoms. The molecule has 0 radical (unpaired) electrons. The third-order valence-electron chi connectivity index (χ3n) is 4.71. The molecule has 1 aromatic heterocycles. The molecule has 0 unspecified atom stereocenters. The SMILES string of the molecule is CCN(CC)S(=O)(=O)c1ccc(=O)n(Cc2ccc(Oc3ccccc3F)c(F)c2)c1. The zero-order valence-corrected chi connectivity index (χ0v) is 17.9. The molecule has 0 bridgehead atoms. The number of aromatic nitrogens is 1. The van der Waals surface area contributed by atoms with E-state index in [1.165, 1.54) is 57.5 Å². The van der Waals surface area contributed by atoms with Crippen LogP contribution in [-0.2, 0) is 16.6 Å². The molecule has 0 aliphatic carbocycles. The van der Waals surface area contributed by atoms with Gasteiger partial charge in [0, 0.05) is 25.4 Å². The van der Waals surface area contributed by atoms with Crippen molar-refractivity contribution in [1.29, 1.82) is 0 Å². The van der Waals surface area contributed by atoms with E-state index in [2.05, 4.69) is 0 Å². The number of halogens is 2. The van der Waals surface area contributed by atoms with E-state index in [0.717, 1.165) is 6.07 Å².